The lowest BCUT2D eigenvalue weighted by molar-refractivity contribution is 0.0910. The van der Waals surface area contributed by atoms with Crippen LogP contribution in [0.15, 0.2) is 24.3 Å². The van der Waals surface area contributed by atoms with Gasteiger partial charge in [-0.05, 0) is 55.9 Å². The Hall–Kier alpha value is -1.52. The third-order valence-electron chi connectivity index (χ3n) is 4.27. The first-order valence-electron chi connectivity index (χ1n) is 7.35. The molecule has 21 heavy (non-hydrogen) atoms. The average Bonchev–Trinajstić information content (AvgIpc) is 2.91. The van der Waals surface area contributed by atoms with E-state index in [9.17, 15) is 4.79 Å². The lowest BCUT2D eigenvalue weighted by Gasteiger charge is -2.27. The van der Waals surface area contributed by atoms with Gasteiger partial charge in [0.05, 0.1) is 0 Å². The van der Waals surface area contributed by atoms with Crippen molar-refractivity contribution in [2.45, 2.75) is 31.7 Å². The molecule has 1 amide bonds. The summed E-state index contributed by atoms with van der Waals surface area (Å²) in [5.74, 6) is 0.322. The summed E-state index contributed by atoms with van der Waals surface area (Å²) < 4.78 is 0. The summed E-state index contributed by atoms with van der Waals surface area (Å²) in [5.41, 5.74) is 1.48. The van der Waals surface area contributed by atoms with Crippen molar-refractivity contribution in [3.63, 3.8) is 0 Å². The van der Waals surface area contributed by atoms with E-state index in [0.717, 1.165) is 36.6 Å². The van der Waals surface area contributed by atoms with Crippen LogP contribution in [0.3, 0.4) is 0 Å². The Kier molecular flexibility index (Phi) is 4.17. The number of hydrogen-bond donors (Lipinski definition) is 3. The normalized spacial score (nSPS) is 22.4. The second-order valence-electron chi connectivity index (χ2n) is 5.79. The highest BCUT2D eigenvalue weighted by molar-refractivity contribution is 6.31. The van der Waals surface area contributed by atoms with Crippen molar-refractivity contribution in [2.75, 3.05) is 6.61 Å². The van der Waals surface area contributed by atoms with Gasteiger partial charge in [-0.3, -0.25) is 4.79 Å². The van der Waals surface area contributed by atoms with Gasteiger partial charge in [0.15, 0.2) is 0 Å². The van der Waals surface area contributed by atoms with Gasteiger partial charge in [-0.1, -0.05) is 11.6 Å². The number of halogens is 1. The van der Waals surface area contributed by atoms with Gasteiger partial charge in [-0.2, -0.15) is 0 Å². The Labute approximate surface area is 128 Å². The van der Waals surface area contributed by atoms with Gasteiger partial charge in [0, 0.05) is 28.6 Å². The molecule has 4 nitrogen and oxygen atoms in total. The maximum Gasteiger partial charge on any atom is 0.267 e. The molecule has 1 saturated carbocycles. The predicted octanol–water partition coefficient (Wildman–Crippen LogP) is 3.10. The largest absolute Gasteiger partial charge is 0.396 e. The Bertz CT molecular complexity index is 645. The first kappa shape index (κ1) is 14.4. The summed E-state index contributed by atoms with van der Waals surface area (Å²) in [7, 11) is 0. The van der Waals surface area contributed by atoms with E-state index in [-0.39, 0.29) is 18.6 Å². The number of fused-ring (bicyclic) bond motifs is 1. The van der Waals surface area contributed by atoms with Crippen LogP contribution < -0.4 is 5.32 Å². The van der Waals surface area contributed by atoms with Gasteiger partial charge in [0.1, 0.15) is 5.69 Å². The van der Waals surface area contributed by atoms with E-state index < -0.39 is 0 Å². The van der Waals surface area contributed by atoms with Crippen molar-refractivity contribution in [1.29, 1.82) is 0 Å². The molecular formula is C16H19ClN2O2. The molecule has 0 bridgehead atoms. The summed E-state index contributed by atoms with van der Waals surface area (Å²) in [4.78, 5) is 15.4. The monoisotopic (exact) mass is 306 g/mol. The van der Waals surface area contributed by atoms with Crippen LogP contribution in [0.2, 0.25) is 5.02 Å². The topological polar surface area (TPSA) is 65.1 Å². The van der Waals surface area contributed by atoms with Gasteiger partial charge < -0.3 is 15.4 Å². The van der Waals surface area contributed by atoms with E-state index in [2.05, 4.69) is 10.3 Å². The van der Waals surface area contributed by atoms with Crippen LogP contribution in [0, 0.1) is 5.92 Å². The van der Waals surface area contributed by atoms with Gasteiger partial charge in [0.25, 0.3) is 5.91 Å². The van der Waals surface area contributed by atoms with Crippen molar-refractivity contribution in [1.82, 2.24) is 10.3 Å². The molecule has 2 aromatic rings. The fourth-order valence-electron chi connectivity index (χ4n) is 2.98. The van der Waals surface area contributed by atoms with E-state index >= 15 is 0 Å². The van der Waals surface area contributed by atoms with E-state index in [1.807, 2.05) is 18.2 Å². The number of rotatable bonds is 3. The maximum atomic E-state index is 12.3. The lowest BCUT2D eigenvalue weighted by Crippen LogP contribution is -2.38. The van der Waals surface area contributed by atoms with Crippen LogP contribution in [-0.2, 0) is 0 Å². The summed E-state index contributed by atoms with van der Waals surface area (Å²) in [6.45, 7) is 0.253. The van der Waals surface area contributed by atoms with Crippen LogP contribution in [-0.4, -0.2) is 28.6 Å². The zero-order chi connectivity index (χ0) is 14.8. The SMILES string of the molecule is O=C(N[C@H]1CC[C@@H](CO)CC1)c1cc2cc(Cl)ccc2[nH]1. The third kappa shape index (κ3) is 3.22. The zero-order valence-electron chi connectivity index (χ0n) is 11.7. The van der Waals surface area contributed by atoms with Crippen LogP contribution in [0.25, 0.3) is 10.9 Å². The lowest BCUT2D eigenvalue weighted by atomic mass is 9.86. The van der Waals surface area contributed by atoms with E-state index in [0.29, 0.717) is 16.6 Å². The Morgan fingerprint density at radius 2 is 2.05 bits per heavy atom. The molecule has 1 aromatic carbocycles. The fourth-order valence-corrected chi connectivity index (χ4v) is 3.16. The van der Waals surface area contributed by atoms with Crippen LogP contribution in [0.4, 0.5) is 0 Å². The molecule has 1 aromatic heterocycles. The molecule has 0 unspecified atom stereocenters. The number of benzene rings is 1. The number of amides is 1. The van der Waals surface area contributed by atoms with E-state index in [1.54, 1.807) is 6.07 Å². The van der Waals surface area contributed by atoms with Crippen LogP contribution >= 0.6 is 11.6 Å². The standard InChI is InChI=1S/C16H19ClN2O2/c17-12-3-6-14-11(7-12)8-15(19-14)16(21)18-13-4-1-10(9-20)2-5-13/h3,6-8,10,13,19-20H,1-2,4-5,9H2,(H,18,21)/t10-,13+. The molecule has 3 N–H and O–H groups in total. The molecule has 3 rings (SSSR count). The number of carbonyl (C=O) groups is 1. The third-order valence-corrected chi connectivity index (χ3v) is 4.50. The van der Waals surface area contributed by atoms with Gasteiger partial charge in [0.2, 0.25) is 0 Å². The Morgan fingerprint density at radius 1 is 1.29 bits per heavy atom. The smallest absolute Gasteiger partial charge is 0.267 e. The highest BCUT2D eigenvalue weighted by atomic mass is 35.5. The summed E-state index contributed by atoms with van der Waals surface area (Å²) >= 11 is 5.96. The van der Waals surface area contributed by atoms with Gasteiger partial charge in [-0.25, -0.2) is 0 Å². The number of nitrogens with one attached hydrogen (secondary N) is 2. The Balaban J connectivity index is 1.67. The van der Waals surface area contributed by atoms with E-state index in [4.69, 9.17) is 16.7 Å². The summed E-state index contributed by atoms with van der Waals surface area (Å²) in [5, 5.41) is 13.8. The molecular weight excluding hydrogens is 288 g/mol. The second-order valence-corrected chi connectivity index (χ2v) is 6.22. The van der Waals surface area contributed by atoms with Crippen molar-refractivity contribution >= 4 is 28.4 Å². The number of aromatic nitrogens is 1. The van der Waals surface area contributed by atoms with Gasteiger partial charge in [-0.15, -0.1) is 0 Å². The maximum absolute atomic E-state index is 12.3. The summed E-state index contributed by atoms with van der Waals surface area (Å²) in [6.07, 6.45) is 3.82. The minimum absolute atomic E-state index is 0.0743. The quantitative estimate of drug-likeness (QED) is 0.816. The minimum Gasteiger partial charge on any atom is -0.396 e. The van der Waals surface area contributed by atoms with E-state index in [1.165, 1.54) is 0 Å². The van der Waals surface area contributed by atoms with Crippen molar-refractivity contribution in [3.05, 3.63) is 35.0 Å². The van der Waals surface area contributed by atoms with Crippen molar-refractivity contribution < 1.29 is 9.90 Å². The van der Waals surface area contributed by atoms with Crippen LogP contribution in [0.5, 0.6) is 0 Å². The molecule has 1 aliphatic rings. The molecule has 1 heterocycles. The first-order valence-corrected chi connectivity index (χ1v) is 7.73. The van der Waals surface area contributed by atoms with Crippen molar-refractivity contribution in [3.8, 4) is 0 Å². The van der Waals surface area contributed by atoms with Crippen LogP contribution in [0.1, 0.15) is 36.2 Å². The molecule has 1 fully saturated rings. The first-order chi connectivity index (χ1) is 10.2. The van der Waals surface area contributed by atoms with Gasteiger partial charge >= 0.3 is 0 Å². The highest BCUT2D eigenvalue weighted by Crippen LogP contribution is 2.24. The number of hydrogen-bond acceptors (Lipinski definition) is 2. The molecule has 5 heteroatoms. The second kappa shape index (κ2) is 6.08. The molecule has 1 aliphatic carbocycles. The molecule has 112 valence electrons. The average molecular weight is 307 g/mol. The van der Waals surface area contributed by atoms with Crippen molar-refractivity contribution in [2.24, 2.45) is 5.92 Å². The highest BCUT2D eigenvalue weighted by Gasteiger charge is 2.22. The fraction of sp³-hybridized carbons (Fsp3) is 0.438. The Morgan fingerprint density at radius 3 is 2.76 bits per heavy atom. The molecule has 0 aliphatic heterocycles. The molecule has 0 atom stereocenters. The molecule has 0 saturated heterocycles. The number of aromatic amines is 1. The molecule has 0 spiro atoms. The molecule has 0 radical (unpaired) electrons. The summed E-state index contributed by atoms with van der Waals surface area (Å²) in [6, 6.07) is 7.56. The minimum atomic E-state index is -0.0743. The zero-order valence-corrected chi connectivity index (χ0v) is 12.5. The number of aliphatic hydroxyl groups excluding tert-OH is 1. The number of carbonyl (C=O) groups excluding carboxylic acids is 1. The predicted molar refractivity (Wildman–Crippen MR) is 83.6 cm³/mol. The number of aliphatic hydroxyl groups is 1. The number of H-pyrrole nitrogens is 1.